The monoisotopic (exact) mass is 546 g/mol. The zero-order valence-corrected chi connectivity index (χ0v) is 23.3. The van der Waals surface area contributed by atoms with Crippen LogP contribution in [0.1, 0.15) is 39.2 Å². The molecule has 0 aliphatic rings. The summed E-state index contributed by atoms with van der Waals surface area (Å²) in [7, 11) is 3.20. The second kappa shape index (κ2) is 17.9. The molecule has 0 radical (unpaired) electrons. The molecule has 1 aromatic carbocycles. The Bertz CT molecular complexity index is 769. The second-order valence-electron chi connectivity index (χ2n) is 8.07. The Kier molecular flexibility index (Phi) is 16.2. The SMILES string of the molecule is CCC(=O)OC(C)OC(=O)C(NC(=O)C(CSSCC(N)CCSC)Cc1ccccc1)C(C)O. The molecule has 35 heavy (non-hydrogen) atoms. The fraction of sp³-hybridized carbons (Fsp3) is 0.625. The average Bonchev–Trinajstić information content (AvgIpc) is 2.82. The normalized spacial score (nSPS) is 15.4. The average molecular weight is 547 g/mol. The van der Waals surface area contributed by atoms with E-state index in [-0.39, 0.29) is 18.4 Å². The summed E-state index contributed by atoms with van der Waals surface area (Å²) in [5.74, 6) is 0.0997. The van der Waals surface area contributed by atoms with Crippen LogP contribution in [0.5, 0.6) is 0 Å². The Morgan fingerprint density at radius 1 is 1.09 bits per heavy atom. The van der Waals surface area contributed by atoms with Crippen LogP contribution in [0.4, 0.5) is 0 Å². The Morgan fingerprint density at radius 3 is 2.34 bits per heavy atom. The molecular formula is C24H38N2O6S3. The number of amides is 1. The van der Waals surface area contributed by atoms with Crippen LogP contribution in [-0.2, 0) is 30.3 Å². The molecule has 0 aliphatic carbocycles. The molecule has 198 valence electrons. The first-order chi connectivity index (χ1) is 16.7. The van der Waals surface area contributed by atoms with Crippen LogP contribution in [0.2, 0.25) is 0 Å². The number of carbonyl (C=O) groups excluding carboxylic acids is 3. The Morgan fingerprint density at radius 2 is 1.74 bits per heavy atom. The smallest absolute Gasteiger partial charge is 0.334 e. The minimum absolute atomic E-state index is 0.0968. The lowest BCUT2D eigenvalue weighted by Crippen LogP contribution is -2.51. The largest absolute Gasteiger partial charge is 0.425 e. The van der Waals surface area contributed by atoms with Gasteiger partial charge >= 0.3 is 11.9 Å². The molecule has 4 N–H and O–H groups in total. The topological polar surface area (TPSA) is 128 Å². The van der Waals surface area contributed by atoms with Gasteiger partial charge in [-0.15, -0.1) is 0 Å². The standard InChI is InChI=1S/C24H38N2O6S3/c1-5-21(28)31-17(3)32-24(30)22(16(2)27)26-23(29)19(13-18-9-7-6-8-10-18)14-34-35-15-20(25)11-12-33-4/h6-10,16-17,19-20,22,27H,5,11-15,25H2,1-4H3,(H,26,29). The van der Waals surface area contributed by atoms with E-state index in [2.05, 4.69) is 11.6 Å². The summed E-state index contributed by atoms with van der Waals surface area (Å²) >= 11 is 1.77. The van der Waals surface area contributed by atoms with Gasteiger partial charge in [-0.25, -0.2) is 4.79 Å². The van der Waals surface area contributed by atoms with Crippen LogP contribution in [0.3, 0.4) is 0 Å². The molecule has 1 aromatic rings. The number of rotatable bonds is 17. The number of thioether (sulfide) groups is 1. The minimum Gasteiger partial charge on any atom is -0.425 e. The van der Waals surface area contributed by atoms with Crippen molar-refractivity contribution in [1.82, 2.24) is 5.32 Å². The molecule has 0 saturated carbocycles. The lowest BCUT2D eigenvalue weighted by atomic mass is 9.99. The number of nitrogens with one attached hydrogen (secondary N) is 1. The van der Waals surface area contributed by atoms with Gasteiger partial charge in [0.1, 0.15) is 0 Å². The van der Waals surface area contributed by atoms with Crippen LogP contribution in [0.15, 0.2) is 30.3 Å². The third-order valence-electron chi connectivity index (χ3n) is 4.93. The molecule has 0 bridgehead atoms. The summed E-state index contributed by atoms with van der Waals surface area (Å²) in [5.41, 5.74) is 7.13. The van der Waals surface area contributed by atoms with Crippen molar-refractivity contribution < 1.29 is 29.0 Å². The Balaban J connectivity index is 2.79. The Labute approximate surface area is 220 Å². The molecule has 5 atom stereocenters. The van der Waals surface area contributed by atoms with Crippen LogP contribution in [0.25, 0.3) is 0 Å². The number of hydrogen-bond acceptors (Lipinski definition) is 10. The molecular weight excluding hydrogens is 508 g/mol. The molecule has 0 aromatic heterocycles. The van der Waals surface area contributed by atoms with Gasteiger partial charge in [0.2, 0.25) is 12.2 Å². The van der Waals surface area contributed by atoms with Gasteiger partial charge in [-0.2, -0.15) is 11.8 Å². The highest BCUT2D eigenvalue weighted by atomic mass is 33.1. The van der Waals surface area contributed by atoms with Gasteiger partial charge in [0.05, 0.1) is 12.0 Å². The molecule has 0 fully saturated rings. The van der Waals surface area contributed by atoms with Crippen molar-refractivity contribution >= 4 is 51.2 Å². The van der Waals surface area contributed by atoms with Gasteiger partial charge in [-0.3, -0.25) is 9.59 Å². The number of hydrogen-bond donors (Lipinski definition) is 3. The maximum absolute atomic E-state index is 13.2. The quantitative estimate of drug-likeness (QED) is 0.116. The molecule has 5 unspecified atom stereocenters. The van der Waals surface area contributed by atoms with E-state index in [0.29, 0.717) is 12.2 Å². The first-order valence-electron chi connectivity index (χ1n) is 11.6. The summed E-state index contributed by atoms with van der Waals surface area (Å²) < 4.78 is 10.1. The van der Waals surface area contributed by atoms with Crippen LogP contribution < -0.4 is 11.1 Å². The number of aliphatic hydroxyl groups excluding tert-OH is 1. The highest BCUT2D eigenvalue weighted by Crippen LogP contribution is 2.27. The fourth-order valence-electron chi connectivity index (χ4n) is 2.92. The van der Waals surface area contributed by atoms with E-state index in [1.165, 1.54) is 13.8 Å². The van der Waals surface area contributed by atoms with Crippen molar-refractivity contribution in [3.05, 3.63) is 35.9 Å². The van der Waals surface area contributed by atoms with Gasteiger partial charge in [-0.1, -0.05) is 58.8 Å². The number of nitrogens with two attached hydrogens (primary N) is 1. The van der Waals surface area contributed by atoms with E-state index in [9.17, 15) is 19.5 Å². The first-order valence-corrected chi connectivity index (χ1v) is 15.5. The molecule has 0 aliphatic heterocycles. The van der Waals surface area contributed by atoms with Crippen molar-refractivity contribution in [3.8, 4) is 0 Å². The van der Waals surface area contributed by atoms with Crippen LogP contribution in [0, 0.1) is 5.92 Å². The lowest BCUT2D eigenvalue weighted by Gasteiger charge is -2.25. The van der Waals surface area contributed by atoms with Crippen molar-refractivity contribution in [2.75, 3.05) is 23.5 Å². The highest BCUT2D eigenvalue weighted by molar-refractivity contribution is 8.76. The van der Waals surface area contributed by atoms with E-state index >= 15 is 0 Å². The van der Waals surface area contributed by atoms with Gasteiger partial charge < -0.3 is 25.6 Å². The molecule has 8 nitrogen and oxygen atoms in total. The summed E-state index contributed by atoms with van der Waals surface area (Å²) in [4.78, 5) is 37.2. The highest BCUT2D eigenvalue weighted by Gasteiger charge is 2.31. The third-order valence-corrected chi connectivity index (χ3v) is 8.16. The lowest BCUT2D eigenvalue weighted by molar-refractivity contribution is -0.187. The zero-order chi connectivity index (χ0) is 26.2. The number of aliphatic hydroxyl groups is 1. The van der Waals surface area contributed by atoms with E-state index in [1.807, 2.05) is 30.3 Å². The maximum Gasteiger partial charge on any atom is 0.334 e. The van der Waals surface area contributed by atoms with Crippen molar-refractivity contribution in [1.29, 1.82) is 0 Å². The predicted octanol–water partition coefficient (Wildman–Crippen LogP) is 3.02. The number of carbonyl (C=O) groups is 3. The minimum atomic E-state index is -1.29. The summed E-state index contributed by atoms with van der Waals surface area (Å²) in [5, 5.41) is 12.8. The number of ether oxygens (including phenoxy) is 2. The summed E-state index contributed by atoms with van der Waals surface area (Å²) in [6.45, 7) is 4.42. The van der Waals surface area contributed by atoms with Crippen LogP contribution >= 0.6 is 33.3 Å². The van der Waals surface area contributed by atoms with Crippen molar-refractivity contribution in [2.24, 2.45) is 11.7 Å². The Hall–Kier alpha value is -1.40. The van der Waals surface area contributed by atoms with Gasteiger partial charge in [0.25, 0.3) is 0 Å². The summed E-state index contributed by atoms with van der Waals surface area (Å²) in [6.07, 6.45) is 1.27. The summed E-state index contributed by atoms with van der Waals surface area (Å²) in [6, 6.07) is 8.42. The third kappa shape index (κ3) is 13.5. The predicted molar refractivity (Wildman–Crippen MR) is 145 cm³/mol. The van der Waals surface area contributed by atoms with E-state index in [0.717, 1.165) is 23.5 Å². The molecule has 11 heteroatoms. The molecule has 1 rings (SSSR count). The molecule has 0 spiro atoms. The first kappa shape index (κ1) is 31.6. The van der Waals surface area contributed by atoms with Gasteiger partial charge in [-0.05, 0) is 37.3 Å². The molecule has 1 amide bonds. The van der Waals surface area contributed by atoms with Crippen LogP contribution in [-0.4, -0.2) is 70.9 Å². The fourth-order valence-corrected chi connectivity index (χ4v) is 6.02. The van der Waals surface area contributed by atoms with Gasteiger partial charge in [0.15, 0.2) is 6.04 Å². The number of esters is 2. The molecule has 0 saturated heterocycles. The van der Waals surface area contributed by atoms with E-state index in [4.69, 9.17) is 15.2 Å². The van der Waals surface area contributed by atoms with Gasteiger partial charge in [0, 0.05) is 30.9 Å². The second-order valence-corrected chi connectivity index (χ2v) is 11.6. The maximum atomic E-state index is 13.2. The number of benzene rings is 1. The van der Waals surface area contributed by atoms with E-state index < -0.39 is 36.3 Å². The van der Waals surface area contributed by atoms with Crippen molar-refractivity contribution in [2.45, 2.75) is 64.5 Å². The van der Waals surface area contributed by atoms with Crippen molar-refractivity contribution in [3.63, 3.8) is 0 Å². The van der Waals surface area contributed by atoms with E-state index in [1.54, 1.807) is 40.3 Å². The molecule has 0 heterocycles. The zero-order valence-electron chi connectivity index (χ0n) is 20.8.